The average molecular weight is 444 g/mol. The van der Waals surface area contributed by atoms with E-state index in [4.69, 9.17) is 23.9 Å². The molecule has 0 aliphatic carbocycles. The maximum absolute atomic E-state index is 5.81. The summed E-state index contributed by atoms with van der Waals surface area (Å²) in [5.74, 6) is 2.22. The highest BCUT2D eigenvalue weighted by Crippen LogP contribution is 2.32. The van der Waals surface area contributed by atoms with Gasteiger partial charge in [-0.1, -0.05) is 0 Å². The Labute approximate surface area is 189 Å². The van der Waals surface area contributed by atoms with Crippen molar-refractivity contribution in [2.45, 2.75) is 38.3 Å². The lowest BCUT2D eigenvalue weighted by atomic mass is 10.2. The van der Waals surface area contributed by atoms with Crippen molar-refractivity contribution >= 4 is 11.6 Å². The lowest BCUT2D eigenvalue weighted by Crippen LogP contribution is -2.32. The highest BCUT2D eigenvalue weighted by molar-refractivity contribution is 5.93. The number of fused-ring (bicyclic) bond motifs is 1. The van der Waals surface area contributed by atoms with Crippen LogP contribution in [0, 0.1) is 0 Å². The first-order chi connectivity index (χ1) is 15.8. The van der Waals surface area contributed by atoms with E-state index < -0.39 is 0 Å². The largest absolute Gasteiger partial charge is 0.490 e. The van der Waals surface area contributed by atoms with Crippen molar-refractivity contribution in [3.8, 4) is 11.5 Å². The van der Waals surface area contributed by atoms with E-state index in [1.165, 1.54) is 0 Å². The normalized spacial score (nSPS) is 18.4. The van der Waals surface area contributed by atoms with Crippen LogP contribution < -0.4 is 20.1 Å². The van der Waals surface area contributed by atoms with Crippen LogP contribution in [0.3, 0.4) is 0 Å². The molecule has 2 aliphatic heterocycles. The second-order valence-electron chi connectivity index (χ2n) is 8.01. The molecule has 0 spiro atoms. The zero-order chi connectivity index (χ0) is 22.0. The summed E-state index contributed by atoms with van der Waals surface area (Å²) < 4.78 is 24.7. The molecule has 3 heterocycles. The molecule has 1 unspecified atom stereocenters. The van der Waals surface area contributed by atoms with E-state index in [1.807, 2.05) is 37.6 Å². The monoisotopic (exact) mass is 443 g/mol. The Morgan fingerprint density at radius 3 is 2.94 bits per heavy atom. The van der Waals surface area contributed by atoms with Gasteiger partial charge in [-0.05, 0) is 31.4 Å². The minimum atomic E-state index is 0.264. The summed E-state index contributed by atoms with van der Waals surface area (Å²) >= 11 is 0. The first-order valence-electron chi connectivity index (χ1n) is 11.4. The Balaban J connectivity index is 1.31. The number of aryl methyl sites for hydroxylation is 1. The molecule has 1 fully saturated rings. The number of aromatic nitrogens is 2. The van der Waals surface area contributed by atoms with Crippen LogP contribution in [-0.2, 0) is 23.1 Å². The topological polar surface area (TPSA) is 91.2 Å². The molecule has 32 heavy (non-hydrogen) atoms. The van der Waals surface area contributed by atoms with Gasteiger partial charge in [0.1, 0.15) is 0 Å². The molecular weight excluding hydrogens is 410 g/mol. The first-order valence-corrected chi connectivity index (χ1v) is 11.4. The summed E-state index contributed by atoms with van der Waals surface area (Å²) in [7, 11) is 1.90. The van der Waals surface area contributed by atoms with E-state index in [0.717, 1.165) is 61.6 Å². The van der Waals surface area contributed by atoms with Crippen LogP contribution in [0.4, 0.5) is 5.69 Å². The maximum atomic E-state index is 5.81. The number of nitrogens with one attached hydrogen (secondary N) is 2. The fourth-order valence-electron chi connectivity index (χ4n) is 3.61. The van der Waals surface area contributed by atoms with Gasteiger partial charge in [-0.25, -0.2) is 4.99 Å². The van der Waals surface area contributed by atoms with Crippen molar-refractivity contribution in [2.75, 3.05) is 44.9 Å². The molecule has 0 bridgehead atoms. The van der Waals surface area contributed by atoms with Crippen molar-refractivity contribution in [1.29, 1.82) is 0 Å². The fraction of sp³-hybridized carbons (Fsp3) is 0.565. The number of guanidine groups is 1. The van der Waals surface area contributed by atoms with Crippen LogP contribution in [0.2, 0.25) is 0 Å². The molecule has 0 amide bonds. The van der Waals surface area contributed by atoms with E-state index in [9.17, 15) is 0 Å². The molecule has 1 saturated heterocycles. The van der Waals surface area contributed by atoms with E-state index >= 15 is 0 Å². The summed E-state index contributed by atoms with van der Waals surface area (Å²) in [6.45, 7) is 4.83. The summed E-state index contributed by atoms with van der Waals surface area (Å²) in [5.41, 5.74) is 1.94. The second-order valence-corrected chi connectivity index (χ2v) is 8.01. The Bertz CT molecular complexity index is 879. The molecule has 174 valence electrons. The van der Waals surface area contributed by atoms with Crippen LogP contribution in [0.25, 0.3) is 0 Å². The van der Waals surface area contributed by atoms with Gasteiger partial charge in [0.25, 0.3) is 0 Å². The van der Waals surface area contributed by atoms with Gasteiger partial charge in [-0.2, -0.15) is 5.10 Å². The summed E-state index contributed by atoms with van der Waals surface area (Å²) in [6, 6.07) is 5.85. The van der Waals surface area contributed by atoms with Crippen LogP contribution in [-0.4, -0.2) is 61.4 Å². The fourth-order valence-corrected chi connectivity index (χ4v) is 3.61. The summed E-state index contributed by atoms with van der Waals surface area (Å²) in [5, 5.41) is 11.0. The smallest absolute Gasteiger partial charge is 0.196 e. The minimum absolute atomic E-state index is 0.264. The molecule has 0 radical (unpaired) electrons. The highest BCUT2D eigenvalue weighted by Gasteiger charge is 2.15. The van der Waals surface area contributed by atoms with Crippen molar-refractivity contribution < 1.29 is 18.9 Å². The van der Waals surface area contributed by atoms with E-state index in [2.05, 4.69) is 15.7 Å². The number of benzene rings is 1. The van der Waals surface area contributed by atoms with Crippen LogP contribution in [0.5, 0.6) is 11.5 Å². The standard InChI is InChI=1S/C23H33N5O4/c1-28-16-18(15-26-28)14-25-23(24-8-3-9-29-17-20-5-2-10-30-20)27-19-6-7-21-22(13-19)32-12-4-11-31-21/h6-7,13,15-16,20H,2-5,8-12,14,17H2,1H3,(H2,24,25,27). The third-order valence-electron chi connectivity index (χ3n) is 5.27. The summed E-state index contributed by atoms with van der Waals surface area (Å²) in [6.07, 6.45) is 8.05. The van der Waals surface area contributed by atoms with Crippen molar-refractivity contribution in [2.24, 2.45) is 12.0 Å². The third-order valence-corrected chi connectivity index (χ3v) is 5.27. The molecule has 1 atom stereocenters. The molecule has 1 aromatic carbocycles. The Morgan fingerprint density at radius 1 is 1.22 bits per heavy atom. The Morgan fingerprint density at radius 2 is 2.12 bits per heavy atom. The average Bonchev–Trinajstić information content (AvgIpc) is 3.40. The quantitative estimate of drug-likeness (QED) is 0.350. The van der Waals surface area contributed by atoms with E-state index in [1.54, 1.807) is 4.68 Å². The zero-order valence-corrected chi connectivity index (χ0v) is 18.7. The summed E-state index contributed by atoms with van der Waals surface area (Å²) in [4.78, 5) is 4.72. The van der Waals surface area contributed by atoms with Gasteiger partial charge in [0.2, 0.25) is 0 Å². The van der Waals surface area contributed by atoms with Gasteiger partial charge >= 0.3 is 0 Å². The van der Waals surface area contributed by atoms with Gasteiger partial charge in [0.15, 0.2) is 17.5 Å². The second kappa shape index (κ2) is 11.7. The molecule has 9 nitrogen and oxygen atoms in total. The van der Waals surface area contributed by atoms with E-state index in [-0.39, 0.29) is 6.10 Å². The zero-order valence-electron chi connectivity index (χ0n) is 18.7. The molecular formula is C23H33N5O4. The lowest BCUT2D eigenvalue weighted by molar-refractivity contribution is 0.0168. The minimum Gasteiger partial charge on any atom is -0.490 e. The van der Waals surface area contributed by atoms with Crippen LogP contribution >= 0.6 is 0 Å². The Kier molecular flexibility index (Phi) is 8.22. The number of nitrogens with zero attached hydrogens (tertiary/aromatic N) is 3. The van der Waals surface area contributed by atoms with Crippen LogP contribution in [0.1, 0.15) is 31.2 Å². The number of aliphatic imine (C=N–C) groups is 1. The van der Waals surface area contributed by atoms with Gasteiger partial charge in [-0.15, -0.1) is 0 Å². The van der Waals surface area contributed by atoms with Gasteiger partial charge in [-0.3, -0.25) is 4.68 Å². The molecule has 4 rings (SSSR count). The Hall–Kier alpha value is -2.78. The maximum Gasteiger partial charge on any atom is 0.196 e. The predicted octanol–water partition coefficient (Wildman–Crippen LogP) is 2.72. The van der Waals surface area contributed by atoms with E-state index in [0.29, 0.717) is 38.9 Å². The van der Waals surface area contributed by atoms with Crippen molar-refractivity contribution in [3.63, 3.8) is 0 Å². The molecule has 9 heteroatoms. The molecule has 2 aliphatic rings. The molecule has 1 aromatic heterocycles. The number of hydrogen-bond acceptors (Lipinski definition) is 6. The molecule has 2 aromatic rings. The number of anilines is 1. The van der Waals surface area contributed by atoms with Gasteiger partial charge in [0, 0.05) is 56.7 Å². The van der Waals surface area contributed by atoms with Crippen molar-refractivity contribution in [3.05, 3.63) is 36.2 Å². The van der Waals surface area contributed by atoms with Crippen molar-refractivity contribution in [1.82, 2.24) is 15.1 Å². The number of hydrogen-bond donors (Lipinski definition) is 2. The third kappa shape index (κ3) is 6.86. The van der Waals surface area contributed by atoms with Crippen LogP contribution in [0.15, 0.2) is 35.6 Å². The molecule has 0 saturated carbocycles. The lowest BCUT2D eigenvalue weighted by Gasteiger charge is -2.15. The number of rotatable bonds is 9. The number of ether oxygens (including phenoxy) is 4. The SMILES string of the molecule is Cn1cc(CN=C(NCCCOCC2CCCO2)Nc2ccc3c(c2)OCCCO3)cn1. The highest BCUT2D eigenvalue weighted by atomic mass is 16.5. The molecule has 2 N–H and O–H groups in total. The van der Waals surface area contributed by atoms with Gasteiger partial charge in [0.05, 0.1) is 38.7 Å². The first kappa shape index (κ1) is 22.4. The predicted molar refractivity (Wildman–Crippen MR) is 122 cm³/mol. The van der Waals surface area contributed by atoms with Gasteiger partial charge < -0.3 is 29.6 Å².